The number of nitrogens with zero attached hydrogens (tertiary/aromatic N) is 1. The van der Waals surface area contributed by atoms with Crippen LogP contribution in [0.15, 0.2) is 28.8 Å². The molecule has 114 valence electrons. The lowest BCUT2D eigenvalue weighted by Gasteiger charge is -2.29. The fourth-order valence-electron chi connectivity index (χ4n) is 2.30. The predicted octanol–water partition coefficient (Wildman–Crippen LogP) is 3.53. The largest absolute Gasteiger partial charge is 0.356 e. The molecular formula is C16H21ClN2O2. The van der Waals surface area contributed by atoms with Gasteiger partial charge in [-0.15, -0.1) is 11.6 Å². The Bertz CT molecular complexity index is 597. The molecule has 0 saturated heterocycles. The molecule has 21 heavy (non-hydrogen) atoms. The van der Waals surface area contributed by atoms with Gasteiger partial charge < -0.3 is 9.84 Å². The topological polar surface area (TPSA) is 55.1 Å². The fraction of sp³-hybridized carbons (Fsp3) is 0.500. The minimum Gasteiger partial charge on any atom is -0.356 e. The molecule has 4 nitrogen and oxygen atoms in total. The quantitative estimate of drug-likeness (QED) is 0.796. The van der Waals surface area contributed by atoms with E-state index in [1.807, 2.05) is 24.3 Å². The first kappa shape index (κ1) is 15.8. The van der Waals surface area contributed by atoms with Crippen molar-refractivity contribution in [2.75, 3.05) is 12.4 Å². The standard InChI is InChI=1S/C16H21ClN2O2/c1-3-16(4-2,10-17)11-18-15(20)9-13-12-7-5-6-8-14(12)21-19-13/h5-8H,3-4,9-11H2,1-2H3,(H,18,20). The molecule has 0 aliphatic rings. The van der Waals surface area contributed by atoms with Crippen molar-refractivity contribution in [1.29, 1.82) is 0 Å². The van der Waals surface area contributed by atoms with Crippen LogP contribution in [0, 0.1) is 5.41 Å². The number of para-hydroxylation sites is 1. The molecule has 0 radical (unpaired) electrons. The van der Waals surface area contributed by atoms with Gasteiger partial charge in [0.15, 0.2) is 5.58 Å². The molecule has 0 saturated carbocycles. The summed E-state index contributed by atoms with van der Waals surface area (Å²) in [6, 6.07) is 7.55. The molecule has 5 heteroatoms. The van der Waals surface area contributed by atoms with Gasteiger partial charge in [-0.3, -0.25) is 4.79 Å². The van der Waals surface area contributed by atoms with E-state index in [2.05, 4.69) is 24.3 Å². The monoisotopic (exact) mass is 308 g/mol. The van der Waals surface area contributed by atoms with Gasteiger partial charge in [0.05, 0.1) is 6.42 Å². The number of hydrogen-bond acceptors (Lipinski definition) is 3. The van der Waals surface area contributed by atoms with Crippen LogP contribution < -0.4 is 5.32 Å². The molecule has 0 spiro atoms. The third-order valence-corrected chi connectivity index (χ3v) is 4.79. The van der Waals surface area contributed by atoms with E-state index in [9.17, 15) is 4.79 Å². The minimum atomic E-state index is -0.0505. The highest BCUT2D eigenvalue weighted by molar-refractivity contribution is 6.18. The first-order chi connectivity index (χ1) is 10.1. The van der Waals surface area contributed by atoms with E-state index in [-0.39, 0.29) is 17.7 Å². The minimum absolute atomic E-state index is 0.0247. The van der Waals surface area contributed by atoms with Crippen LogP contribution >= 0.6 is 11.6 Å². The SMILES string of the molecule is CCC(CC)(CCl)CNC(=O)Cc1noc2ccccc12. The summed E-state index contributed by atoms with van der Waals surface area (Å²) >= 11 is 6.05. The normalized spacial score (nSPS) is 11.8. The lowest BCUT2D eigenvalue weighted by atomic mass is 9.84. The molecule has 1 aromatic heterocycles. The average Bonchev–Trinajstić information content (AvgIpc) is 2.93. The van der Waals surface area contributed by atoms with E-state index in [4.69, 9.17) is 16.1 Å². The zero-order valence-electron chi connectivity index (χ0n) is 12.5. The number of carbonyl (C=O) groups is 1. The summed E-state index contributed by atoms with van der Waals surface area (Å²) in [6.07, 6.45) is 2.11. The Morgan fingerprint density at radius 1 is 1.33 bits per heavy atom. The van der Waals surface area contributed by atoms with Crippen LogP contribution in [0.3, 0.4) is 0 Å². The molecule has 0 fully saturated rings. The van der Waals surface area contributed by atoms with Gasteiger partial charge in [-0.1, -0.05) is 31.1 Å². The number of amides is 1. The summed E-state index contributed by atoms with van der Waals surface area (Å²) in [6.45, 7) is 4.80. The van der Waals surface area contributed by atoms with Crippen LogP contribution in [0.1, 0.15) is 32.4 Å². The second kappa shape index (κ2) is 6.94. The maximum atomic E-state index is 12.1. The van der Waals surface area contributed by atoms with Crippen molar-refractivity contribution in [3.8, 4) is 0 Å². The Hall–Kier alpha value is -1.55. The van der Waals surface area contributed by atoms with Gasteiger partial charge in [0, 0.05) is 23.2 Å². The van der Waals surface area contributed by atoms with Gasteiger partial charge >= 0.3 is 0 Å². The number of fused-ring (bicyclic) bond motifs is 1. The number of carbonyl (C=O) groups excluding carboxylic acids is 1. The Morgan fingerprint density at radius 3 is 2.71 bits per heavy atom. The number of alkyl halides is 1. The van der Waals surface area contributed by atoms with Crippen LogP contribution in [-0.2, 0) is 11.2 Å². The predicted molar refractivity (Wildman–Crippen MR) is 84.5 cm³/mol. The molecule has 1 aromatic carbocycles. The number of halogens is 1. The Balaban J connectivity index is 1.99. The fourth-order valence-corrected chi connectivity index (χ4v) is 2.77. The zero-order chi connectivity index (χ0) is 15.3. The van der Waals surface area contributed by atoms with Gasteiger partial charge in [-0.05, 0) is 25.0 Å². The van der Waals surface area contributed by atoms with E-state index in [1.54, 1.807) is 0 Å². The molecule has 1 N–H and O–H groups in total. The van der Waals surface area contributed by atoms with E-state index in [1.165, 1.54) is 0 Å². The lowest BCUT2D eigenvalue weighted by molar-refractivity contribution is -0.121. The van der Waals surface area contributed by atoms with Gasteiger partial charge in [-0.2, -0.15) is 0 Å². The van der Waals surface area contributed by atoms with Crippen LogP contribution in [-0.4, -0.2) is 23.5 Å². The third-order valence-electron chi connectivity index (χ3n) is 4.22. The average molecular weight is 309 g/mol. The summed E-state index contributed by atoms with van der Waals surface area (Å²) in [5.41, 5.74) is 1.36. The van der Waals surface area contributed by atoms with Crippen LogP contribution in [0.2, 0.25) is 0 Å². The molecule has 2 rings (SSSR count). The number of rotatable bonds is 7. The summed E-state index contributed by atoms with van der Waals surface area (Å²) in [7, 11) is 0. The molecule has 0 aliphatic heterocycles. The molecule has 0 unspecified atom stereocenters. The Labute approximate surface area is 129 Å². The Kier molecular flexibility index (Phi) is 5.23. The number of benzene rings is 1. The first-order valence-corrected chi connectivity index (χ1v) is 7.83. The van der Waals surface area contributed by atoms with Gasteiger partial charge in [0.2, 0.25) is 5.91 Å². The number of nitrogens with one attached hydrogen (secondary N) is 1. The van der Waals surface area contributed by atoms with Gasteiger partial charge in [0.1, 0.15) is 5.69 Å². The maximum absolute atomic E-state index is 12.1. The first-order valence-electron chi connectivity index (χ1n) is 7.30. The molecule has 0 aliphatic carbocycles. The molecule has 1 amide bonds. The van der Waals surface area contributed by atoms with E-state index in [0.717, 1.165) is 18.2 Å². The van der Waals surface area contributed by atoms with Crippen LogP contribution in [0.25, 0.3) is 11.0 Å². The zero-order valence-corrected chi connectivity index (χ0v) is 13.2. The van der Waals surface area contributed by atoms with Crippen molar-refractivity contribution < 1.29 is 9.32 Å². The highest BCUT2D eigenvalue weighted by atomic mass is 35.5. The number of hydrogen-bond donors (Lipinski definition) is 1. The highest BCUT2D eigenvalue weighted by Gasteiger charge is 2.25. The molecule has 2 aromatic rings. The van der Waals surface area contributed by atoms with Crippen molar-refractivity contribution in [1.82, 2.24) is 10.5 Å². The van der Waals surface area contributed by atoms with Crippen LogP contribution in [0.5, 0.6) is 0 Å². The molecule has 0 bridgehead atoms. The lowest BCUT2D eigenvalue weighted by Crippen LogP contribution is -2.38. The number of aromatic nitrogens is 1. The second-order valence-corrected chi connectivity index (χ2v) is 5.69. The van der Waals surface area contributed by atoms with E-state index in [0.29, 0.717) is 23.7 Å². The highest BCUT2D eigenvalue weighted by Crippen LogP contribution is 2.27. The van der Waals surface area contributed by atoms with Crippen molar-refractivity contribution >= 4 is 28.5 Å². The smallest absolute Gasteiger partial charge is 0.226 e. The second-order valence-electron chi connectivity index (χ2n) is 5.42. The van der Waals surface area contributed by atoms with Crippen molar-refractivity contribution in [3.63, 3.8) is 0 Å². The van der Waals surface area contributed by atoms with E-state index >= 15 is 0 Å². The van der Waals surface area contributed by atoms with Gasteiger partial charge in [0.25, 0.3) is 0 Å². The Morgan fingerprint density at radius 2 is 2.05 bits per heavy atom. The summed E-state index contributed by atoms with van der Waals surface area (Å²) in [4.78, 5) is 12.1. The molecule has 1 heterocycles. The molecular weight excluding hydrogens is 288 g/mol. The van der Waals surface area contributed by atoms with Gasteiger partial charge in [-0.25, -0.2) is 0 Å². The van der Waals surface area contributed by atoms with Crippen molar-refractivity contribution in [2.24, 2.45) is 5.41 Å². The summed E-state index contributed by atoms with van der Waals surface area (Å²) in [5.74, 6) is 0.498. The van der Waals surface area contributed by atoms with Crippen molar-refractivity contribution in [2.45, 2.75) is 33.1 Å². The van der Waals surface area contributed by atoms with E-state index < -0.39 is 0 Å². The third kappa shape index (κ3) is 3.56. The molecule has 0 atom stereocenters. The van der Waals surface area contributed by atoms with Crippen LogP contribution in [0.4, 0.5) is 0 Å². The maximum Gasteiger partial charge on any atom is 0.226 e. The summed E-state index contributed by atoms with van der Waals surface area (Å²) in [5, 5.41) is 7.84. The summed E-state index contributed by atoms with van der Waals surface area (Å²) < 4.78 is 5.21. The van der Waals surface area contributed by atoms with Crippen molar-refractivity contribution in [3.05, 3.63) is 30.0 Å².